The van der Waals surface area contributed by atoms with Crippen molar-refractivity contribution >= 4 is 0 Å². The highest BCUT2D eigenvalue weighted by atomic mass is 16.5. The Bertz CT molecular complexity index is 271. The number of nitrogens with zero attached hydrogens (tertiary/aromatic N) is 1. The molecule has 0 atom stereocenters. The molecular formula is C11H20N2O2. The van der Waals surface area contributed by atoms with Crippen molar-refractivity contribution in [3.05, 3.63) is 17.8 Å². The third-order valence-corrected chi connectivity index (χ3v) is 1.93. The first-order valence-corrected chi connectivity index (χ1v) is 5.48. The van der Waals surface area contributed by atoms with E-state index >= 15 is 0 Å². The zero-order valence-electron chi connectivity index (χ0n) is 9.75. The van der Waals surface area contributed by atoms with Crippen LogP contribution in [-0.4, -0.2) is 24.2 Å². The van der Waals surface area contributed by atoms with Crippen molar-refractivity contribution in [3.63, 3.8) is 0 Å². The van der Waals surface area contributed by atoms with Gasteiger partial charge in [-0.05, 0) is 20.4 Å². The highest BCUT2D eigenvalue weighted by molar-refractivity contribution is 4.93. The molecule has 0 amide bonds. The van der Waals surface area contributed by atoms with Gasteiger partial charge in [0.2, 0.25) is 0 Å². The van der Waals surface area contributed by atoms with Gasteiger partial charge in [-0.15, -0.1) is 0 Å². The summed E-state index contributed by atoms with van der Waals surface area (Å²) >= 11 is 0. The van der Waals surface area contributed by atoms with E-state index in [9.17, 15) is 0 Å². The molecule has 1 aromatic rings. The lowest BCUT2D eigenvalue weighted by atomic mass is 10.4. The number of ether oxygens (including phenoxy) is 1. The molecule has 4 nitrogen and oxygen atoms in total. The minimum atomic E-state index is 0.223. The Morgan fingerprint density at radius 1 is 1.53 bits per heavy atom. The summed E-state index contributed by atoms with van der Waals surface area (Å²) in [5.74, 6) is 1.58. The van der Waals surface area contributed by atoms with Crippen LogP contribution in [0, 0.1) is 0 Å². The molecule has 0 bridgehead atoms. The lowest BCUT2D eigenvalue weighted by Crippen LogP contribution is -2.16. The van der Waals surface area contributed by atoms with E-state index in [1.54, 1.807) is 6.20 Å². The van der Waals surface area contributed by atoms with Gasteiger partial charge in [-0.2, -0.15) is 0 Å². The van der Waals surface area contributed by atoms with Crippen molar-refractivity contribution in [2.75, 3.05) is 13.1 Å². The normalized spacial score (nSPS) is 11.2. The van der Waals surface area contributed by atoms with Crippen LogP contribution in [0.1, 0.15) is 32.4 Å². The average Bonchev–Trinajstić information content (AvgIpc) is 2.63. The summed E-state index contributed by atoms with van der Waals surface area (Å²) in [4.78, 5) is 4.18. The van der Waals surface area contributed by atoms with Crippen LogP contribution in [0.5, 0.6) is 0 Å². The maximum atomic E-state index is 5.50. The fourth-order valence-electron chi connectivity index (χ4n) is 1.15. The number of rotatable bonds is 7. The largest absolute Gasteiger partial charge is 0.443 e. The van der Waals surface area contributed by atoms with E-state index in [0.717, 1.165) is 31.2 Å². The fraction of sp³-hybridized carbons (Fsp3) is 0.727. The lowest BCUT2D eigenvalue weighted by Gasteiger charge is -2.03. The molecule has 0 fully saturated rings. The molecule has 0 aromatic carbocycles. The van der Waals surface area contributed by atoms with Gasteiger partial charge in [0.25, 0.3) is 0 Å². The summed E-state index contributed by atoms with van der Waals surface area (Å²) in [6.07, 6.45) is 2.79. The predicted octanol–water partition coefficient (Wildman–Crippen LogP) is 1.75. The molecule has 1 rings (SSSR count). The van der Waals surface area contributed by atoms with E-state index in [4.69, 9.17) is 9.15 Å². The summed E-state index contributed by atoms with van der Waals surface area (Å²) in [6.45, 7) is 8.47. The molecule has 4 heteroatoms. The molecule has 86 valence electrons. The quantitative estimate of drug-likeness (QED) is 0.699. The first-order valence-electron chi connectivity index (χ1n) is 5.48. The van der Waals surface area contributed by atoms with Crippen LogP contribution in [-0.2, 0) is 17.8 Å². The molecule has 0 spiro atoms. The van der Waals surface area contributed by atoms with Crippen LogP contribution >= 0.6 is 0 Å². The Morgan fingerprint density at radius 3 is 3.00 bits per heavy atom. The Kier molecular flexibility index (Phi) is 5.36. The van der Waals surface area contributed by atoms with E-state index in [1.807, 2.05) is 13.8 Å². The van der Waals surface area contributed by atoms with Gasteiger partial charge in [0.1, 0.15) is 12.4 Å². The van der Waals surface area contributed by atoms with Gasteiger partial charge >= 0.3 is 0 Å². The first kappa shape index (κ1) is 12.2. The molecule has 0 aliphatic heterocycles. The highest BCUT2D eigenvalue weighted by Crippen LogP contribution is 2.06. The summed E-state index contributed by atoms with van der Waals surface area (Å²) < 4.78 is 10.9. The molecule has 0 radical (unpaired) electrons. The number of hydrogen-bond donors (Lipinski definition) is 1. The van der Waals surface area contributed by atoms with Gasteiger partial charge in [-0.25, -0.2) is 4.98 Å². The Labute approximate surface area is 91.0 Å². The number of nitrogens with one attached hydrogen (secondary N) is 1. The first-order chi connectivity index (χ1) is 7.22. The van der Waals surface area contributed by atoms with E-state index in [-0.39, 0.29) is 6.10 Å². The molecule has 15 heavy (non-hydrogen) atoms. The summed E-state index contributed by atoms with van der Waals surface area (Å²) in [5, 5.41) is 3.22. The van der Waals surface area contributed by atoms with Gasteiger partial charge < -0.3 is 14.5 Å². The standard InChI is InChI=1S/C11H20N2O2/c1-4-12-6-5-11-13-7-10(15-11)8-14-9(2)3/h7,9,12H,4-6,8H2,1-3H3. The van der Waals surface area contributed by atoms with Crippen LogP contribution in [0.4, 0.5) is 0 Å². The lowest BCUT2D eigenvalue weighted by molar-refractivity contribution is 0.0539. The Hall–Kier alpha value is -0.870. The molecule has 1 N–H and O–H groups in total. The maximum Gasteiger partial charge on any atom is 0.195 e. The summed E-state index contributed by atoms with van der Waals surface area (Å²) in [7, 11) is 0. The third-order valence-electron chi connectivity index (χ3n) is 1.93. The van der Waals surface area contributed by atoms with Gasteiger partial charge in [-0.1, -0.05) is 6.92 Å². The molecule has 0 unspecified atom stereocenters. The summed E-state index contributed by atoms with van der Waals surface area (Å²) in [6, 6.07) is 0. The van der Waals surface area contributed by atoms with Crippen LogP contribution in [0.3, 0.4) is 0 Å². The van der Waals surface area contributed by atoms with Gasteiger partial charge in [0, 0.05) is 13.0 Å². The van der Waals surface area contributed by atoms with Crippen molar-refractivity contribution in [1.29, 1.82) is 0 Å². The van der Waals surface area contributed by atoms with Crippen LogP contribution in [0.15, 0.2) is 10.6 Å². The van der Waals surface area contributed by atoms with Crippen LogP contribution in [0.25, 0.3) is 0 Å². The molecule has 0 saturated heterocycles. The monoisotopic (exact) mass is 212 g/mol. The number of likely N-dealkylation sites (N-methyl/N-ethyl adjacent to an activating group) is 1. The van der Waals surface area contributed by atoms with Crippen molar-refractivity contribution in [3.8, 4) is 0 Å². The molecule has 1 heterocycles. The van der Waals surface area contributed by atoms with E-state index in [0.29, 0.717) is 6.61 Å². The Morgan fingerprint density at radius 2 is 2.33 bits per heavy atom. The second-order valence-electron chi connectivity index (χ2n) is 3.68. The number of aromatic nitrogens is 1. The van der Waals surface area contributed by atoms with Gasteiger partial charge in [0.15, 0.2) is 5.89 Å². The second kappa shape index (κ2) is 6.58. The van der Waals surface area contributed by atoms with Gasteiger partial charge in [0.05, 0.1) is 12.3 Å². The molecule has 0 saturated carbocycles. The fourth-order valence-corrected chi connectivity index (χ4v) is 1.15. The van der Waals surface area contributed by atoms with Crippen LogP contribution < -0.4 is 5.32 Å². The Balaban J connectivity index is 2.29. The molecular weight excluding hydrogens is 192 g/mol. The topological polar surface area (TPSA) is 47.3 Å². The van der Waals surface area contributed by atoms with E-state index in [1.165, 1.54) is 0 Å². The van der Waals surface area contributed by atoms with E-state index in [2.05, 4.69) is 17.2 Å². The highest BCUT2D eigenvalue weighted by Gasteiger charge is 2.04. The third kappa shape index (κ3) is 4.95. The van der Waals surface area contributed by atoms with Crippen molar-refractivity contribution < 1.29 is 9.15 Å². The SMILES string of the molecule is CCNCCc1ncc(COC(C)C)o1. The number of oxazole rings is 1. The average molecular weight is 212 g/mol. The molecule has 0 aliphatic carbocycles. The zero-order valence-corrected chi connectivity index (χ0v) is 9.75. The summed E-state index contributed by atoms with van der Waals surface area (Å²) in [5.41, 5.74) is 0. The zero-order chi connectivity index (χ0) is 11.1. The predicted molar refractivity (Wildman–Crippen MR) is 58.7 cm³/mol. The molecule has 1 aromatic heterocycles. The minimum absolute atomic E-state index is 0.223. The maximum absolute atomic E-state index is 5.50. The minimum Gasteiger partial charge on any atom is -0.443 e. The van der Waals surface area contributed by atoms with Crippen molar-refractivity contribution in [2.45, 2.75) is 39.9 Å². The number of hydrogen-bond acceptors (Lipinski definition) is 4. The smallest absolute Gasteiger partial charge is 0.195 e. The van der Waals surface area contributed by atoms with Crippen molar-refractivity contribution in [2.24, 2.45) is 0 Å². The second-order valence-corrected chi connectivity index (χ2v) is 3.68. The van der Waals surface area contributed by atoms with Gasteiger partial charge in [-0.3, -0.25) is 0 Å². The van der Waals surface area contributed by atoms with Crippen molar-refractivity contribution in [1.82, 2.24) is 10.3 Å². The molecule has 0 aliphatic rings. The van der Waals surface area contributed by atoms with E-state index < -0.39 is 0 Å². The van der Waals surface area contributed by atoms with Crippen LogP contribution in [0.2, 0.25) is 0 Å².